The zero-order chi connectivity index (χ0) is 12.6. The van der Waals surface area contributed by atoms with Crippen molar-refractivity contribution in [1.82, 2.24) is 4.90 Å². The van der Waals surface area contributed by atoms with Gasteiger partial charge in [0.1, 0.15) is 0 Å². The maximum atomic E-state index is 12.2. The number of carbonyl (C=O) groups is 1. The van der Waals surface area contributed by atoms with Gasteiger partial charge in [0.15, 0.2) is 0 Å². The molecule has 1 fully saturated rings. The monoisotopic (exact) mass is 234 g/mol. The van der Waals surface area contributed by atoms with E-state index in [2.05, 4.69) is 0 Å². The smallest absolute Gasteiger partial charge is 0.253 e. The molecule has 2 rings (SSSR count). The summed E-state index contributed by atoms with van der Waals surface area (Å²) in [5.74, 6) is -0.0362. The maximum Gasteiger partial charge on any atom is 0.253 e. The number of aryl methyl sites for hydroxylation is 1. The summed E-state index contributed by atoms with van der Waals surface area (Å²) in [6, 6.07) is 5.28. The normalized spacial score (nSPS) is 24.1. The number of β-amino-alcohol motifs (C(OH)–C–C–N with tert-alkyl or cyclic N) is 1. The number of carbonyl (C=O) groups excluding carboxylic acids is 1. The van der Waals surface area contributed by atoms with Crippen molar-refractivity contribution in [1.29, 1.82) is 0 Å². The molecule has 1 unspecified atom stereocenters. The van der Waals surface area contributed by atoms with Gasteiger partial charge in [0.2, 0.25) is 0 Å². The van der Waals surface area contributed by atoms with E-state index in [1.807, 2.05) is 6.92 Å². The third kappa shape index (κ3) is 2.42. The van der Waals surface area contributed by atoms with Crippen LogP contribution in [0.2, 0.25) is 0 Å². The fraction of sp³-hybridized carbons (Fsp3) is 0.462. The molecule has 0 spiro atoms. The SMILES string of the molecule is Cc1cc(C(=O)N2CCC(C)(O)C2)ccc1N. The molecule has 17 heavy (non-hydrogen) atoms. The predicted molar refractivity (Wildman–Crippen MR) is 66.7 cm³/mol. The molecule has 1 heterocycles. The van der Waals surface area contributed by atoms with Gasteiger partial charge in [-0.3, -0.25) is 4.79 Å². The lowest BCUT2D eigenvalue weighted by atomic mass is 10.1. The Labute approximate surface area is 101 Å². The van der Waals surface area contributed by atoms with Crippen LogP contribution in [0.4, 0.5) is 5.69 Å². The van der Waals surface area contributed by atoms with Crippen LogP contribution in [0.25, 0.3) is 0 Å². The first-order chi connectivity index (χ1) is 7.89. The van der Waals surface area contributed by atoms with Crippen molar-refractivity contribution in [2.45, 2.75) is 25.9 Å². The van der Waals surface area contributed by atoms with Crippen molar-refractivity contribution >= 4 is 11.6 Å². The molecular weight excluding hydrogens is 216 g/mol. The highest BCUT2D eigenvalue weighted by Crippen LogP contribution is 2.23. The highest BCUT2D eigenvalue weighted by Gasteiger charge is 2.34. The van der Waals surface area contributed by atoms with E-state index in [4.69, 9.17) is 5.73 Å². The van der Waals surface area contributed by atoms with E-state index in [0.717, 1.165) is 5.56 Å². The number of nitrogens with two attached hydrogens (primary N) is 1. The van der Waals surface area contributed by atoms with Crippen LogP contribution in [-0.4, -0.2) is 34.6 Å². The second-order valence-electron chi connectivity index (χ2n) is 5.05. The van der Waals surface area contributed by atoms with Crippen LogP contribution >= 0.6 is 0 Å². The number of likely N-dealkylation sites (tertiary alicyclic amines) is 1. The molecule has 1 amide bonds. The Morgan fingerprint density at radius 2 is 2.24 bits per heavy atom. The molecule has 1 aromatic rings. The number of nitrogens with zero attached hydrogens (tertiary/aromatic N) is 1. The van der Waals surface area contributed by atoms with Gasteiger partial charge < -0.3 is 15.7 Å². The van der Waals surface area contributed by atoms with E-state index in [9.17, 15) is 9.90 Å². The molecule has 1 aromatic carbocycles. The number of amides is 1. The molecule has 0 aromatic heterocycles. The molecule has 3 N–H and O–H groups in total. The molecular formula is C13H18N2O2. The van der Waals surface area contributed by atoms with Crippen LogP contribution in [0.3, 0.4) is 0 Å². The maximum absolute atomic E-state index is 12.2. The highest BCUT2D eigenvalue weighted by molar-refractivity contribution is 5.95. The number of rotatable bonds is 1. The number of aliphatic hydroxyl groups is 1. The topological polar surface area (TPSA) is 66.6 Å². The van der Waals surface area contributed by atoms with Gasteiger partial charge in [0.05, 0.1) is 5.60 Å². The Kier molecular flexibility index (Phi) is 2.83. The van der Waals surface area contributed by atoms with Crippen molar-refractivity contribution in [3.8, 4) is 0 Å². The summed E-state index contributed by atoms with van der Waals surface area (Å²) in [5, 5.41) is 9.85. The minimum Gasteiger partial charge on any atom is -0.399 e. The van der Waals surface area contributed by atoms with Crippen molar-refractivity contribution in [3.63, 3.8) is 0 Å². The molecule has 4 heteroatoms. The second-order valence-corrected chi connectivity index (χ2v) is 5.05. The summed E-state index contributed by atoms with van der Waals surface area (Å²) in [7, 11) is 0. The van der Waals surface area contributed by atoms with Crippen LogP contribution in [0.5, 0.6) is 0 Å². The van der Waals surface area contributed by atoms with Crippen LogP contribution < -0.4 is 5.73 Å². The average Bonchev–Trinajstić information content (AvgIpc) is 2.62. The Hall–Kier alpha value is -1.55. The minimum absolute atomic E-state index is 0.0362. The molecule has 0 bridgehead atoms. The number of hydrogen-bond donors (Lipinski definition) is 2. The third-order valence-corrected chi connectivity index (χ3v) is 3.26. The summed E-state index contributed by atoms with van der Waals surface area (Å²) in [5.41, 5.74) is 7.20. The second kappa shape index (κ2) is 4.04. The Bertz CT molecular complexity index is 455. The average molecular weight is 234 g/mol. The van der Waals surface area contributed by atoms with E-state index >= 15 is 0 Å². The van der Waals surface area contributed by atoms with Crippen LogP contribution in [0, 0.1) is 6.92 Å². The number of nitrogen functional groups attached to an aromatic ring is 1. The van der Waals surface area contributed by atoms with E-state index in [1.165, 1.54) is 0 Å². The van der Waals surface area contributed by atoms with E-state index < -0.39 is 5.60 Å². The molecule has 1 saturated heterocycles. The van der Waals surface area contributed by atoms with Gasteiger partial charge in [-0.05, 0) is 44.0 Å². The molecule has 0 aliphatic carbocycles. The lowest BCUT2D eigenvalue weighted by Gasteiger charge is -2.19. The predicted octanol–water partition coefficient (Wildman–Crippen LogP) is 1.17. The first-order valence-electron chi connectivity index (χ1n) is 5.77. The fourth-order valence-electron chi connectivity index (χ4n) is 2.11. The first-order valence-corrected chi connectivity index (χ1v) is 5.77. The Morgan fingerprint density at radius 1 is 1.53 bits per heavy atom. The molecule has 1 aliphatic heterocycles. The van der Waals surface area contributed by atoms with Crippen molar-refractivity contribution in [2.75, 3.05) is 18.8 Å². The van der Waals surface area contributed by atoms with Crippen molar-refractivity contribution < 1.29 is 9.90 Å². The summed E-state index contributed by atoms with van der Waals surface area (Å²) >= 11 is 0. The van der Waals surface area contributed by atoms with Gasteiger partial charge in [-0.15, -0.1) is 0 Å². The molecule has 92 valence electrons. The zero-order valence-corrected chi connectivity index (χ0v) is 10.2. The first kappa shape index (κ1) is 11.9. The van der Waals surface area contributed by atoms with E-state index in [1.54, 1.807) is 30.0 Å². The molecule has 1 aliphatic rings. The quantitative estimate of drug-likeness (QED) is 0.717. The summed E-state index contributed by atoms with van der Waals surface area (Å²) in [4.78, 5) is 13.9. The highest BCUT2D eigenvalue weighted by atomic mass is 16.3. The van der Waals surface area contributed by atoms with Crippen LogP contribution in [0.1, 0.15) is 29.3 Å². The van der Waals surface area contributed by atoms with Gasteiger partial charge in [-0.2, -0.15) is 0 Å². The molecule has 0 radical (unpaired) electrons. The number of benzene rings is 1. The summed E-state index contributed by atoms with van der Waals surface area (Å²) in [6.45, 7) is 4.64. The van der Waals surface area contributed by atoms with Crippen LogP contribution in [-0.2, 0) is 0 Å². The molecule has 0 saturated carbocycles. The minimum atomic E-state index is -0.751. The lowest BCUT2D eigenvalue weighted by molar-refractivity contribution is 0.0572. The van der Waals surface area contributed by atoms with Crippen molar-refractivity contribution in [2.24, 2.45) is 0 Å². The van der Waals surface area contributed by atoms with Gasteiger partial charge in [-0.1, -0.05) is 0 Å². The number of anilines is 1. The lowest BCUT2D eigenvalue weighted by Crippen LogP contribution is -2.33. The van der Waals surface area contributed by atoms with E-state index in [-0.39, 0.29) is 5.91 Å². The van der Waals surface area contributed by atoms with Gasteiger partial charge >= 0.3 is 0 Å². The largest absolute Gasteiger partial charge is 0.399 e. The number of hydrogen-bond acceptors (Lipinski definition) is 3. The molecule has 1 atom stereocenters. The summed E-state index contributed by atoms with van der Waals surface area (Å²) in [6.07, 6.45) is 0.632. The fourth-order valence-corrected chi connectivity index (χ4v) is 2.11. The zero-order valence-electron chi connectivity index (χ0n) is 10.2. The van der Waals surface area contributed by atoms with Gasteiger partial charge in [0.25, 0.3) is 5.91 Å². The standard InChI is InChI=1S/C13H18N2O2/c1-9-7-10(3-4-11(9)14)12(16)15-6-5-13(2,17)8-15/h3-4,7,17H,5-6,8,14H2,1-2H3. The van der Waals surface area contributed by atoms with Crippen molar-refractivity contribution in [3.05, 3.63) is 29.3 Å². The van der Waals surface area contributed by atoms with E-state index in [0.29, 0.717) is 30.8 Å². The van der Waals surface area contributed by atoms with Gasteiger partial charge in [-0.25, -0.2) is 0 Å². The van der Waals surface area contributed by atoms with Gasteiger partial charge in [0, 0.05) is 24.3 Å². The Balaban J connectivity index is 2.18. The van der Waals surface area contributed by atoms with Crippen LogP contribution in [0.15, 0.2) is 18.2 Å². The third-order valence-electron chi connectivity index (χ3n) is 3.26. The Morgan fingerprint density at radius 3 is 2.76 bits per heavy atom. The summed E-state index contributed by atoms with van der Waals surface area (Å²) < 4.78 is 0. The molecule has 4 nitrogen and oxygen atoms in total.